The molecule has 0 unspecified atom stereocenters. The Morgan fingerprint density at radius 3 is 2.62 bits per heavy atom. The standard InChI is InChI=1S/C20H23N5.C2HF3O2/c1-15-10-16(13-22-20(15)25-8-3-7-23-25)12-21-19-5-4-17-6-9-24(2)14-18(17)11-19;3-2(4,5)1(6)7/h3-5,7-8,10-11,13,21H,6,9,12,14H2,1-2H3;(H,6,7). The highest BCUT2D eigenvalue weighted by Gasteiger charge is 2.38. The second kappa shape index (κ2) is 9.82. The number of carboxylic acids is 1. The lowest BCUT2D eigenvalue weighted by Crippen LogP contribution is -2.26. The van der Waals surface area contributed by atoms with E-state index in [0.717, 1.165) is 37.4 Å². The van der Waals surface area contributed by atoms with Gasteiger partial charge in [0.25, 0.3) is 0 Å². The zero-order chi connectivity index (χ0) is 23.3. The van der Waals surface area contributed by atoms with Crippen molar-refractivity contribution in [1.29, 1.82) is 0 Å². The number of hydrogen-bond acceptors (Lipinski definition) is 5. The van der Waals surface area contributed by atoms with Gasteiger partial charge in [-0.15, -0.1) is 0 Å². The second-order valence-electron chi connectivity index (χ2n) is 7.56. The van der Waals surface area contributed by atoms with Gasteiger partial charge >= 0.3 is 12.1 Å². The molecule has 32 heavy (non-hydrogen) atoms. The van der Waals surface area contributed by atoms with Crippen LogP contribution < -0.4 is 5.32 Å². The molecule has 3 heterocycles. The number of anilines is 1. The molecule has 1 aliphatic rings. The first-order valence-corrected chi connectivity index (χ1v) is 9.93. The molecule has 3 aromatic rings. The Kier molecular flexibility index (Phi) is 7.14. The van der Waals surface area contributed by atoms with Gasteiger partial charge in [-0.25, -0.2) is 14.5 Å². The monoisotopic (exact) mass is 447 g/mol. The summed E-state index contributed by atoms with van der Waals surface area (Å²) in [6.45, 7) is 5.02. The summed E-state index contributed by atoms with van der Waals surface area (Å²) in [6.07, 6.45) is 1.66. The van der Waals surface area contributed by atoms with Gasteiger partial charge in [0.2, 0.25) is 0 Å². The molecular weight excluding hydrogens is 423 g/mol. The molecule has 0 atom stereocenters. The Morgan fingerprint density at radius 2 is 2.00 bits per heavy atom. The molecule has 7 nitrogen and oxygen atoms in total. The van der Waals surface area contributed by atoms with Crippen molar-refractivity contribution in [2.24, 2.45) is 0 Å². The van der Waals surface area contributed by atoms with E-state index in [-0.39, 0.29) is 0 Å². The van der Waals surface area contributed by atoms with E-state index >= 15 is 0 Å². The molecule has 0 saturated carbocycles. The summed E-state index contributed by atoms with van der Waals surface area (Å²) in [7, 11) is 2.18. The summed E-state index contributed by atoms with van der Waals surface area (Å²) < 4.78 is 33.5. The number of aryl methyl sites for hydroxylation is 1. The van der Waals surface area contributed by atoms with Crippen LogP contribution in [-0.2, 0) is 24.3 Å². The predicted molar refractivity (Wildman–Crippen MR) is 114 cm³/mol. The van der Waals surface area contributed by atoms with Gasteiger partial charge in [-0.1, -0.05) is 6.07 Å². The largest absolute Gasteiger partial charge is 0.490 e. The number of carbonyl (C=O) groups is 1. The lowest BCUT2D eigenvalue weighted by atomic mass is 9.99. The molecule has 2 N–H and O–H groups in total. The van der Waals surface area contributed by atoms with Gasteiger partial charge in [0.1, 0.15) is 0 Å². The number of aliphatic carboxylic acids is 1. The lowest BCUT2D eigenvalue weighted by molar-refractivity contribution is -0.192. The van der Waals surface area contributed by atoms with Gasteiger partial charge in [-0.3, -0.25) is 0 Å². The zero-order valence-electron chi connectivity index (χ0n) is 17.7. The molecule has 0 saturated heterocycles. The van der Waals surface area contributed by atoms with E-state index < -0.39 is 12.1 Å². The van der Waals surface area contributed by atoms with Crippen molar-refractivity contribution in [3.63, 3.8) is 0 Å². The Balaban J connectivity index is 0.000000360. The Morgan fingerprint density at radius 1 is 1.25 bits per heavy atom. The molecule has 1 aromatic carbocycles. The van der Waals surface area contributed by atoms with Gasteiger partial charge in [0.15, 0.2) is 5.82 Å². The molecule has 0 radical (unpaired) electrons. The van der Waals surface area contributed by atoms with Crippen molar-refractivity contribution in [1.82, 2.24) is 19.7 Å². The molecular formula is C22H24F3N5O2. The Hall–Kier alpha value is -3.40. The summed E-state index contributed by atoms with van der Waals surface area (Å²) in [4.78, 5) is 15.8. The summed E-state index contributed by atoms with van der Waals surface area (Å²) in [5.74, 6) is -1.88. The lowest BCUT2D eigenvalue weighted by Gasteiger charge is -2.25. The van der Waals surface area contributed by atoms with E-state index in [4.69, 9.17) is 9.90 Å². The van der Waals surface area contributed by atoms with Gasteiger partial charge in [0.05, 0.1) is 0 Å². The van der Waals surface area contributed by atoms with Gasteiger partial charge in [-0.2, -0.15) is 18.3 Å². The van der Waals surface area contributed by atoms with Gasteiger partial charge in [-0.05, 0) is 66.9 Å². The third-order valence-electron chi connectivity index (χ3n) is 4.98. The van der Waals surface area contributed by atoms with E-state index in [2.05, 4.69) is 58.5 Å². The van der Waals surface area contributed by atoms with Crippen molar-refractivity contribution in [2.75, 3.05) is 18.9 Å². The third-order valence-corrected chi connectivity index (χ3v) is 4.98. The highest BCUT2D eigenvalue weighted by atomic mass is 19.4. The minimum atomic E-state index is -5.08. The molecule has 10 heteroatoms. The molecule has 4 rings (SSSR count). The van der Waals surface area contributed by atoms with Crippen LogP contribution in [0.25, 0.3) is 5.82 Å². The van der Waals surface area contributed by atoms with Crippen LogP contribution in [0, 0.1) is 6.92 Å². The number of carboxylic acid groups (broad SMARTS) is 1. The molecule has 170 valence electrons. The Labute approximate surface area is 183 Å². The van der Waals surface area contributed by atoms with E-state index in [0.29, 0.717) is 0 Å². The number of pyridine rings is 1. The average molecular weight is 447 g/mol. The quantitative estimate of drug-likeness (QED) is 0.633. The molecule has 2 aromatic heterocycles. The van der Waals surface area contributed by atoms with Crippen molar-refractivity contribution in [3.8, 4) is 5.82 Å². The maximum absolute atomic E-state index is 10.6. The van der Waals surface area contributed by atoms with Crippen LogP contribution in [0.2, 0.25) is 0 Å². The predicted octanol–water partition coefficient (Wildman–Crippen LogP) is 3.81. The topological polar surface area (TPSA) is 83.3 Å². The van der Waals surface area contributed by atoms with Crippen molar-refractivity contribution < 1.29 is 23.1 Å². The number of alkyl halides is 3. The number of fused-ring (bicyclic) bond motifs is 1. The van der Waals surface area contributed by atoms with Gasteiger partial charge < -0.3 is 15.3 Å². The van der Waals surface area contributed by atoms with E-state index in [1.165, 1.54) is 22.4 Å². The number of halogens is 3. The van der Waals surface area contributed by atoms with E-state index in [1.807, 2.05) is 18.5 Å². The average Bonchev–Trinajstić information content (AvgIpc) is 3.26. The smallest absolute Gasteiger partial charge is 0.475 e. The molecule has 0 spiro atoms. The van der Waals surface area contributed by atoms with Gasteiger partial charge in [0, 0.05) is 43.9 Å². The fourth-order valence-electron chi connectivity index (χ4n) is 3.37. The highest BCUT2D eigenvalue weighted by Crippen LogP contribution is 2.22. The van der Waals surface area contributed by atoms with Crippen molar-refractivity contribution in [3.05, 3.63) is 71.2 Å². The third kappa shape index (κ3) is 6.07. The highest BCUT2D eigenvalue weighted by molar-refractivity contribution is 5.73. The summed E-state index contributed by atoms with van der Waals surface area (Å²) in [5.41, 5.74) is 6.37. The summed E-state index contributed by atoms with van der Waals surface area (Å²) >= 11 is 0. The van der Waals surface area contributed by atoms with Crippen LogP contribution >= 0.6 is 0 Å². The number of aromatic nitrogens is 3. The summed E-state index contributed by atoms with van der Waals surface area (Å²) in [6, 6.07) is 10.8. The van der Waals surface area contributed by atoms with Crippen LogP contribution in [-0.4, -0.2) is 50.5 Å². The molecule has 0 bridgehead atoms. The molecule has 0 aliphatic carbocycles. The first kappa shape index (κ1) is 23.3. The molecule has 1 aliphatic heterocycles. The Bertz CT molecular complexity index is 1070. The van der Waals surface area contributed by atoms with Crippen molar-refractivity contribution in [2.45, 2.75) is 32.6 Å². The minimum absolute atomic E-state index is 0.766. The zero-order valence-corrected chi connectivity index (χ0v) is 17.7. The number of rotatable bonds is 4. The maximum Gasteiger partial charge on any atom is 0.490 e. The number of hydrogen-bond donors (Lipinski definition) is 2. The first-order chi connectivity index (χ1) is 15.1. The minimum Gasteiger partial charge on any atom is -0.475 e. The van der Waals surface area contributed by atoms with Crippen LogP contribution in [0.15, 0.2) is 48.9 Å². The fraction of sp³-hybridized carbons (Fsp3) is 0.318. The van der Waals surface area contributed by atoms with Crippen LogP contribution in [0.3, 0.4) is 0 Å². The van der Waals surface area contributed by atoms with E-state index in [1.54, 1.807) is 10.9 Å². The molecule has 0 amide bonds. The van der Waals surface area contributed by atoms with Crippen molar-refractivity contribution >= 4 is 11.7 Å². The number of likely N-dealkylation sites (N-methyl/N-ethyl adjacent to an activating group) is 1. The molecule has 0 fully saturated rings. The van der Waals surface area contributed by atoms with Crippen LogP contribution in [0.1, 0.15) is 22.3 Å². The van der Waals surface area contributed by atoms with Crippen LogP contribution in [0.5, 0.6) is 0 Å². The summed E-state index contributed by atoms with van der Waals surface area (Å²) in [5, 5.41) is 14.9. The SMILES string of the molecule is Cc1cc(CNc2ccc3c(c2)CN(C)CC3)cnc1-n1cccn1.O=C(O)C(F)(F)F. The second-order valence-corrected chi connectivity index (χ2v) is 7.56. The number of nitrogens with one attached hydrogen (secondary N) is 1. The van der Waals surface area contributed by atoms with E-state index in [9.17, 15) is 13.2 Å². The number of nitrogens with zero attached hydrogens (tertiary/aromatic N) is 4. The fourth-order valence-corrected chi connectivity index (χ4v) is 3.37. The first-order valence-electron chi connectivity index (χ1n) is 9.93. The van der Waals surface area contributed by atoms with Crippen LogP contribution in [0.4, 0.5) is 18.9 Å². The maximum atomic E-state index is 10.6. The number of benzene rings is 1. The normalized spacial score (nSPS) is 13.7.